The second-order valence-electron chi connectivity index (χ2n) is 4.02. The molecule has 0 aromatic carbocycles. The van der Waals surface area contributed by atoms with E-state index in [4.69, 9.17) is 11.6 Å². The number of nitrogens with two attached hydrogens (primary N) is 2. The van der Waals surface area contributed by atoms with Crippen LogP contribution in [0.4, 0.5) is 17.6 Å². The van der Waals surface area contributed by atoms with Crippen LogP contribution in [0.3, 0.4) is 0 Å². The summed E-state index contributed by atoms with van der Waals surface area (Å²) in [6.45, 7) is 4.17. The molecule has 1 aromatic rings. The van der Waals surface area contributed by atoms with Gasteiger partial charge in [-0.3, -0.25) is 4.90 Å². The third-order valence-corrected chi connectivity index (χ3v) is 3.67. The van der Waals surface area contributed by atoms with E-state index in [9.17, 15) is 0 Å². The fraction of sp³-hybridized carbons (Fsp3) is 0.600. The van der Waals surface area contributed by atoms with Crippen LogP contribution >= 0.6 is 11.8 Å². The molecule has 1 aliphatic rings. The highest BCUT2D eigenvalue weighted by molar-refractivity contribution is 7.99. The van der Waals surface area contributed by atoms with Gasteiger partial charge in [0.25, 0.3) is 0 Å². The summed E-state index contributed by atoms with van der Waals surface area (Å²) in [7, 11) is 0. The summed E-state index contributed by atoms with van der Waals surface area (Å²) in [5.74, 6) is 9.17. The van der Waals surface area contributed by atoms with Crippen molar-refractivity contribution in [1.82, 2.24) is 14.9 Å². The highest BCUT2D eigenvalue weighted by atomic mass is 32.2. The Morgan fingerprint density at radius 1 is 1.28 bits per heavy atom. The van der Waals surface area contributed by atoms with E-state index in [1.807, 2.05) is 11.8 Å². The molecule has 1 aromatic heterocycles. The Kier molecular flexibility index (Phi) is 4.85. The monoisotopic (exact) mass is 269 g/mol. The molecule has 1 saturated heterocycles. The molecule has 18 heavy (non-hydrogen) atoms. The van der Waals surface area contributed by atoms with Crippen molar-refractivity contribution in [1.29, 1.82) is 0 Å². The van der Waals surface area contributed by atoms with Crippen LogP contribution in [-0.4, -0.2) is 52.6 Å². The molecule has 1 fully saturated rings. The van der Waals surface area contributed by atoms with E-state index in [0.29, 0.717) is 11.6 Å². The maximum atomic E-state index is 5.58. The Labute approximate surface area is 111 Å². The van der Waals surface area contributed by atoms with E-state index in [0.717, 1.165) is 26.2 Å². The van der Waals surface area contributed by atoms with Crippen molar-refractivity contribution in [2.45, 2.75) is 0 Å². The second-order valence-corrected chi connectivity index (χ2v) is 5.25. The molecule has 7 nitrogen and oxygen atoms in total. The first-order valence-electron chi connectivity index (χ1n) is 5.93. The summed E-state index contributed by atoms with van der Waals surface area (Å²) in [5.41, 5.74) is 8.04. The van der Waals surface area contributed by atoms with E-state index in [1.165, 1.54) is 11.5 Å². The van der Waals surface area contributed by atoms with Crippen LogP contribution in [0.5, 0.6) is 0 Å². The molecule has 0 aliphatic carbocycles. The largest absolute Gasteiger partial charge is 0.369 e. The lowest BCUT2D eigenvalue weighted by Gasteiger charge is -2.26. The normalized spacial score (nSPS) is 16.5. The van der Waals surface area contributed by atoms with Crippen LogP contribution in [0.1, 0.15) is 0 Å². The first-order chi connectivity index (χ1) is 8.78. The maximum Gasteiger partial charge on any atom is 0.223 e. The lowest BCUT2D eigenvalue weighted by Crippen LogP contribution is -2.36. The van der Waals surface area contributed by atoms with Gasteiger partial charge < -0.3 is 16.5 Å². The number of hydrazine groups is 1. The first-order valence-corrected chi connectivity index (χ1v) is 7.08. The summed E-state index contributed by atoms with van der Waals surface area (Å²) < 4.78 is 0. The summed E-state index contributed by atoms with van der Waals surface area (Å²) >= 11 is 2.01. The summed E-state index contributed by atoms with van der Waals surface area (Å²) in [6.07, 6.45) is 0. The first kappa shape index (κ1) is 13.2. The van der Waals surface area contributed by atoms with Crippen molar-refractivity contribution in [3.8, 4) is 0 Å². The molecule has 2 heterocycles. The average molecular weight is 269 g/mol. The SMILES string of the molecule is NNc1cc(NCCN2CCSCC2)nc(N)n1. The molecule has 8 heteroatoms. The van der Waals surface area contributed by atoms with Gasteiger partial charge in [0, 0.05) is 43.8 Å². The molecule has 0 radical (unpaired) electrons. The number of nitrogens with zero attached hydrogens (tertiary/aromatic N) is 3. The van der Waals surface area contributed by atoms with Crippen LogP contribution in [0.2, 0.25) is 0 Å². The van der Waals surface area contributed by atoms with Gasteiger partial charge in [-0.15, -0.1) is 0 Å². The lowest BCUT2D eigenvalue weighted by atomic mass is 10.4. The van der Waals surface area contributed by atoms with Gasteiger partial charge in [-0.25, -0.2) is 5.84 Å². The Morgan fingerprint density at radius 3 is 2.72 bits per heavy atom. The Hall–Kier alpha value is -1.25. The predicted octanol–water partition coefficient (Wildman–Crippen LogP) is -0.195. The molecule has 2 rings (SSSR count). The highest BCUT2D eigenvalue weighted by Gasteiger charge is 2.09. The molecule has 0 amide bonds. The number of thioether (sulfide) groups is 1. The smallest absolute Gasteiger partial charge is 0.223 e. The number of hydrogen-bond donors (Lipinski definition) is 4. The van der Waals surface area contributed by atoms with Gasteiger partial charge in [-0.2, -0.15) is 21.7 Å². The van der Waals surface area contributed by atoms with E-state index in [1.54, 1.807) is 6.07 Å². The molecular formula is C10H19N7S. The fourth-order valence-corrected chi connectivity index (χ4v) is 2.78. The lowest BCUT2D eigenvalue weighted by molar-refractivity contribution is 0.314. The third-order valence-electron chi connectivity index (χ3n) is 2.73. The molecule has 1 aliphatic heterocycles. The minimum absolute atomic E-state index is 0.210. The standard InChI is InChI=1S/C10H19N7S/c11-10-14-8(7-9(15-10)16-12)13-1-2-17-3-5-18-6-4-17/h7H,1-6,12H2,(H4,11,13,14,15,16). The van der Waals surface area contributed by atoms with Crippen molar-refractivity contribution >= 4 is 29.3 Å². The predicted molar refractivity (Wildman–Crippen MR) is 76.5 cm³/mol. The van der Waals surface area contributed by atoms with Crippen molar-refractivity contribution in [2.75, 3.05) is 54.2 Å². The number of rotatable bonds is 5. The van der Waals surface area contributed by atoms with E-state index in [-0.39, 0.29) is 5.95 Å². The molecule has 0 unspecified atom stereocenters. The molecule has 100 valence electrons. The minimum atomic E-state index is 0.210. The van der Waals surface area contributed by atoms with Crippen molar-refractivity contribution in [3.05, 3.63) is 6.07 Å². The van der Waals surface area contributed by atoms with Crippen LogP contribution in [0.25, 0.3) is 0 Å². The van der Waals surface area contributed by atoms with Gasteiger partial charge >= 0.3 is 0 Å². The van der Waals surface area contributed by atoms with E-state index in [2.05, 4.69) is 25.6 Å². The van der Waals surface area contributed by atoms with Gasteiger partial charge in [0.15, 0.2) is 0 Å². The topological polar surface area (TPSA) is 105 Å². The average Bonchev–Trinajstić information content (AvgIpc) is 2.39. The van der Waals surface area contributed by atoms with Crippen LogP contribution in [-0.2, 0) is 0 Å². The number of hydrogen-bond acceptors (Lipinski definition) is 8. The highest BCUT2D eigenvalue weighted by Crippen LogP contribution is 2.11. The Morgan fingerprint density at radius 2 is 2.00 bits per heavy atom. The van der Waals surface area contributed by atoms with Crippen LogP contribution in [0, 0.1) is 0 Å². The third kappa shape index (κ3) is 3.90. The van der Waals surface area contributed by atoms with Gasteiger partial charge in [0.2, 0.25) is 5.95 Å². The van der Waals surface area contributed by atoms with Gasteiger partial charge in [0.05, 0.1) is 0 Å². The number of nitrogen functional groups attached to an aromatic ring is 2. The van der Waals surface area contributed by atoms with Gasteiger partial charge in [0.1, 0.15) is 11.6 Å². The minimum Gasteiger partial charge on any atom is -0.369 e. The summed E-state index contributed by atoms with van der Waals surface area (Å²) in [6, 6.07) is 1.74. The molecule has 0 spiro atoms. The molecule has 0 bridgehead atoms. The molecule has 6 N–H and O–H groups in total. The molecule has 0 atom stereocenters. The summed E-state index contributed by atoms with van der Waals surface area (Å²) in [4.78, 5) is 10.5. The summed E-state index contributed by atoms with van der Waals surface area (Å²) in [5, 5.41) is 3.23. The number of aromatic nitrogens is 2. The van der Waals surface area contributed by atoms with Crippen LogP contribution < -0.4 is 22.3 Å². The van der Waals surface area contributed by atoms with Crippen LogP contribution in [0.15, 0.2) is 6.07 Å². The number of nitrogens with one attached hydrogen (secondary N) is 2. The Balaban J connectivity index is 1.80. The zero-order valence-electron chi connectivity index (χ0n) is 10.2. The second kappa shape index (κ2) is 6.62. The zero-order chi connectivity index (χ0) is 12.8. The molecule has 0 saturated carbocycles. The van der Waals surface area contributed by atoms with Crippen molar-refractivity contribution < 1.29 is 0 Å². The van der Waals surface area contributed by atoms with E-state index >= 15 is 0 Å². The van der Waals surface area contributed by atoms with Gasteiger partial charge in [-0.05, 0) is 0 Å². The quantitative estimate of drug-likeness (QED) is 0.430. The van der Waals surface area contributed by atoms with E-state index < -0.39 is 0 Å². The fourth-order valence-electron chi connectivity index (χ4n) is 1.80. The van der Waals surface area contributed by atoms with Crippen molar-refractivity contribution in [2.24, 2.45) is 5.84 Å². The number of anilines is 3. The van der Waals surface area contributed by atoms with Crippen molar-refractivity contribution in [3.63, 3.8) is 0 Å². The zero-order valence-corrected chi connectivity index (χ0v) is 11.0. The van der Waals surface area contributed by atoms with Gasteiger partial charge in [-0.1, -0.05) is 0 Å². The molecular weight excluding hydrogens is 250 g/mol. The maximum absolute atomic E-state index is 5.58. The Bertz CT molecular complexity index is 380.